The van der Waals surface area contributed by atoms with Crippen molar-refractivity contribution in [1.29, 1.82) is 0 Å². The highest BCUT2D eigenvalue weighted by Crippen LogP contribution is 2.35. The summed E-state index contributed by atoms with van der Waals surface area (Å²) in [5.74, 6) is 1.88. The largest absolute Gasteiger partial charge is 0.227 e. The van der Waals surface area contributed by atoms with Crippen LogP contribution in [0.2, 0.25) is 0 Å². The van der Waals surface area contributed by atoms with Gasteiger partial charge in [-0.2, -0.15) is 4.74 Å². The Bertz CT molecular complexity index is 85.3. The first kappa shape index (κ1) is 6.53. The fourth-order valence-corrected chi connectivity index (χ4v) is 2.20. The third-order valence-corrected chi connectivity index (χ3v) is 2.89. The Morgan fingerprint density at radius 1 is 1.10 bits per heavy atom. The van der Waals surface area contributed by atoms with Crippen molar-refractivity contribution >= 4 is 0 Å². The average molecular weight is 139 g/mol. The molecule has 0 aromatic heterocycles. The van der Waals surface area contributed by atoms with Crippen LogP contribution in [0.1, 0.15) is 32.1 Å². The molecule has 0 bridgehead atoms. The standard InChI is InChI=1S/C9H15O/c1-2-4-9-7-10-6-5-8(9)3-1/h6,8-9H,1-5,7H2/q+1/t8-,9-/m1/s1. The van der Waals surface area contributed by atoms with E-state index in [1.54, 1.807) is 0 Å². The summed E-state index contributed by atoms with van der Waals surface area (Å²) in [7, 11) is 0. The maximum absolute atomic E-state index is 5.31. The summed E-state index contributed by atoms with van der Waals surface area (Å²) in [5, 5.41) is 0. The second-order valence-electron chi connectivity index (χ2n) is 3.54. The van der Waals surface area contributed by atoms with Crippen LogP contribution in [0.3, 0.4) is 0 Å². The molecule has 2 rings (SSSR count). The SMILES string of the molecule is [CH+]1C[C@H]2CCCC[C@@H]2CO1. The van der Waals surface area contributed by atoms with Crippen LogP contribution in [0.4, 0.5) is 0 Å². The topological polar surface area (TPSA) is 9.23 Å². The molecule has 56 valence electrons. The van der Waals surface area contributed by atoms with Gasteiger partial charge in [-0.3, -0.25) is 0 Å². The van der Waals surface area contributed by atoms with Gasteiger partial charge in [0.2, 0.25) is 6.61 Å². The van der Waals surface area contributed by atoms with Gasteiger partial charge in [0.1, 0.15) is 13.0 Å². The summed E-state index contributed by atoms with van der Waals surface area (Å²) in [6.45, 7) is 3.01. The highest BCUT2D eigenvalue weighted by atomic mass is 16.5. The van der Waals surface area contributed by atoms with Gasteiger partial charge < -0.3 is 0 Å². The monoisotopic (exact) mass is 139 g/mol. The van der Waals surface area contributed by atoms with E-state index >= 15 is 0 Å². The number of hydrogen-bond acceptors (Lipinski definition) is 1. The lowest BCUT2D eigenvalue weighted by Crippen LogP contribution is -2.27. The van der Waals surface area contributed by atoms with Gasteiger partial charge in [-0.05, 0) is 18.8 Å². The first-order valence-corrected chi connectivity index (χ1v) is 4.40. The summed E-state index contributed by atoms with van der Waals surface area (Å²) in [6, 6.07) is 0. The van der Waals surface area contributed by atoms with Crippen LogP contribution in [0.15, 0.2) is 0 Å². The lowest BCUT2D eigenvalue weighted by molar-refractivity contribution is 0.0393. The van der Waals surface area contributed by atoms with Crippen LogP contribution >= 0.6 is 0 Å². The smallest absolute Gasteiger partial charge is 0.196 e. The molecule has 0 aromatic rings. The van der Waals surface area contributed by atoms with Gasteiger partial charge in [0.25, 0.3) is 0 Å². The van der Waals surface area contributed by atoms with Gasteiger partial charge in [-0.1, -0.05) is 12.8 Å². The number of fused-ring (bicyclic) bond motifs is 1. The third kappa shape index (κ3) is 1.15. The van der Waals surface area contributed by atoms with E-state index in [0.717, 1.165) is 18.4 Å². The van der Waals surface area contributed by atoms with Crippen molar-refractivity contribution < 1.29 is 4.74 Å². The molecule has 0 unspecified atom stereocenters. The predicted octanol–water partition coefficient (Wildman–Crippen LogP) is 2.37. The van der Waals surface area contributed by atoms with Gasteiger partial charge in [-0.25, -0.2) is 0 Å². The van der Waals surface area contributed by atoms with Crippen molar-refractivity contribution in [3.05, 3.63) is 6.61 Å². The molecule has 1 nitrogen and oxygen atoms in total. The molecule has 0 amide bonds. The van der Waals surface area contributed by atoms with E-state index in [1.807, 2.05) is 6.61 Å². The van der Waals surface area contributed by atoms with Crippen molar-refractivity contribution in [2.24, 2.45) is 11.8 Å². The molecule has 0 N–H and O–H groups in total. The molecular formula is C9H15O+. The first-order chi connectivity index (χ1) is 4.97. The van der Waals surface area contributed by atoms with Gasteiger partial charge in [0.15, 0.2) is 0 Å². The molecule has 0 radical (unpaired) electrons. The number of hydrogen-bond donors (Lipinski definition) is 0. The Kier molecular flexibility index (Phi) is 1.85. The normalized spacial score (nSPS) is 40.0. The molecule has 1 heterocycles. The van der Waals surface area contributed by atoms with Crippen LogP contribution < -0.4 is 0 Å². The third-order valence-electron chi connectivity index (χ3n) is 2.89. The first-order valence-electron chi connectivity index (χ1n) is 4.40. The summed E-state index contributed by atoms with van der Waals surface area (Å²) in [6.07, 6.45) is 6.97. The molecule has 1 aliphatic carbocycles. The Morgan fingerprint density at radius 3 is 2.70 bits per heavy atom. The molecule has 2 aliphatic rings. The molecule has 1 saturated heterocycles. The molecule has 10 heavy (non-hydrogen) atoms. The summed E-state index contributed by atoms with van der Waals surface area (Å²) in [4.78, 5) is 0. The second-order valence-corrected chi connectivity index (χ2v) is 3.54. The minimum Gasteiger partial charge on any atom is -0.196 e. The van der Waals surface area contributed by atoms with E-state index in [1.165, 1.54) is 32.1 Å². The molecule has 2 fully saturated rings. The number of rotatable bonds is 0. The highest BCUT2D eigenvalue weighted by molar-refractivity contribution is 4.81. The fourth-order valence-electron chi connectivity index (χ4n) is 2.20. The van der Waals surface area contributed by atoms with E-state index in [-0.39, 0.29) is 0 Å². The van der Waals surface area contributed by atoms with Crippen LogP contribution in [-0.4, -0.2) is 6.61 Å². The maximum Gasteiger partial charge on any atom is 0.227 e. The van der Waals surface area contributed by atoms with E-state index in [9.17, 15) is 0 Å². The molecule has 0 aromatic carbocycles. The quantitative estimate of drug-likeness (QED) is 0.468. The lowest BCUT2D eigenvalue weighted by Gasteiger charge is -2.30. The van der Waals surface area contributed by atoms with Crippen molar-refractivity contribution in [3.63, 3.8) is 0 Å². The van der Waals surface area contributed by atoms with E-state index in [0.29, 0.717) is 0 Å². The second kappa shape index (κ2) is 2.83. The van der Waals surface area contributed by atoms with Gasteiger partial charge >= 0.3 is 0 Å². The Hall–Kier alpha value is -0.170. The molecule has 0 spiro atoms. The van der Waals surface area contributed by atoms with E-state index in [4.69, 9.17) is 4.74 Å². The van der Waals surface area contributed by atoms with Crippen LogP contribution in [0, 0.1) is 18.4 Å². The maximum atomic E-state index is 5.31. The Labute approximate surface area is 62.8 Å². The molecule has 2 atom stereocenters. The van der Waals surface area contributed by atoms with Gasteiger partial charge in [-0.15, -0.1) is 0 Å². The predicted molar refractivity (Wildman–Crippen MR) is 40.3 cm³/mol. The summed E-state index contributed by atoms with van der Waals surface area (Å²) < 4.78 is 5.31. The molecule has 1 heteroatoms. The van der Waals surface area contributed by atoms with Gasteiger partial charge in [0.05, 0.1) is 0 Å². The zero-order chi connectivity index (χ0) is 6.81. The zero-order valence-corrected chi connectivity index (χ0v) is 6.38. The van der Waals surface area contributed by atoms with Crippen molar-refractivity contribution in [2.45, 2.75) is 32.1 Å². The fraction of sp³-hybridized carbons (Fsp3) is 0.889. The molecule has 1 aliphatic heterocycles. The Morgan fingerprint density at radius 2 is 1.90 bits per heavy atom. The molecular weight excluding hydrogens is 124 g/mol. The van der Waals surface area contributed by atoms with Crippen LogP contribution in [-0.2, 0) is 4.74 Å². The summed E-state index contributed by atoms with van der Waals surface area (Å²) >= 11 is 0. The minimum absolute atomic E-state index is 0.902. The minimum atomic E-state index is 0.902. The highest BCUT2D eigenvalue weighted by Gasteiger charge is 2.32. The van der Waals surface area contributed by atoms with Crippen LogP contribution in [0.5, 0.6) is 0 Å². The number of ether oxygens (including phenoxy) is 1. The lowest BCUT2D eigenvalue weighted by atomic mass is 9.77. The zero-order valence-electron chi connectivity index (χ0n) is 6.38. The van der Waals surface area contributed by atoms with E-state index < -0.39 is 0 Å². The summed E-state index contributed by atoms with van der Waals surface area (Å²) in [5.41, 5.74) is 0. The van der Waals surface area contributed by atoms with E-state index in [2.05, 4.69) is 0 Å². The van der Waals surface area contributed by atoms with Crippen molar-refractivity contribution in [1.82, 2.24) is 0 Å². The molecule has 1 saturated carbocycles. The van der Waals surface area contributed by atoms with Gasteiger partial charge in [0, 0.05) is 5.92 Å². The van der Waals surface area contributed by atoms with Crippen LogP contribution in [0.25, 0.3) is 0 Å². The van der Waals surface area contributed by atoms with Crippen molar-refractivity contribution in [2.75, 3.05) is 6.61 Å². The van der Waals surface area contributed by atoms with Crippen molar-refractivity contribution in [3.8, 4) is 0 Å². The average Bonchev–Trinajstić information content (AvgIpc) is 2.05. The Balaban J connectivity index is 1.93.